The highest BCUT2D eigenvalue weighted by Gasteiger charge is 2.40. The Bertz CT molecular complexity index is 467. The average molecular weight is 294 g/mol. The monoisotopic (exact) mass is 294 g/mol. The topological polar surface area (TPSA) is 32.3 Å². The van der Waals surface area contributed by atoms with Crippen LogP contribution in [-0.4, -0.2) is 23.0 Å². The molecule has 3 nitrogen and oxygen atoms in total. The Labute approximate surface area is 126 Å². The van der Waals surface area contributed by atoms with Crippen molar-refractivity contribution in [1.29, 1.82) is 0 Å². The molecule has 1 aromatic rings. The fourth-order valence-corrected chi connectivity index (χ4v) is 3.59. The van der Waals surface area contributed by atoms with E-state index in [9.17, 15) is 4.79 Å². The number of carbonyl (C=O) groups is 1. The molecule has 1 fully saturated rings. The summed E-state index contributed by atoms with van der Waals surface area (Å²) in [6.45, 7) is 11.5. The van der Waals surface area contributed by atoms with Gasteiger partial charge in [0.2, 0.25) is 5.91 Å². The lowest BCUT2D eigenvalue weighted by molar-refractivity contribution is -0.131. The second kappa shape index (κ2) is 6.27. The van der Waals surface area contributed by atoms with Crippen LogP contribution in [0.25, 0.3) is 0 Å². The first-order valence-electron chi connectivity index (χ1n) is 7.48. The van der Waals surface area contributed by atoms with Gasteiger partial charge in [0.15, 0.2) is 0 Å². The number of thiophene rings is 1. The maximum atomic E-state index is 12.6. The number of carbonyl (C=O) groups excluding carboxylic acids is 1. The number of aryl methyl sites for hydroxylation is 1. The van der Waals surface area contributed by atoms with E-state index >= 15 is 0 Å². The fraction of sp³-hybridized carbons (Fsp3) is 0.688. The van der Waals surface area contributed by atoms with Gasteiger partial charge in [-0.25, -0.2) is 0 Å². The normalized spacial score (nSPS) is 23.4. The third-order valence-electron chi connectivity index (χ3n) is 3.96. The van der Waals surface area contributed by atoms with Crippen LogP contribution < -0.4 is 5.32 Å². The summed E-state index contributed by atoms with van der Waals surface area (Å²) in [5.41, 5.74) is 2.57. The summed E-state index contributed by atoms with van der Waals surface area (Å²) < 4.78 is 0. The molecule has 0 aromatic carbocycles. The lowest BCUT2D eigenvalue weighted by Gasteiger charge is -2.25. The molecule has 1 aromatic heterocycles. The smallest absolute Gasteiger partial charge is 0.241 e. The van der Waals surface area contributed by atoms with E-state index in [4.69, 9.17) is 0 Å². The van der Waals surface area contributed by atoms with Gasteiger partial charge in [0.25, 0.3) is 0 Å². The molecule has 0 bridgehead atoms. The molecule has 2 unspecified atom stereocenters. The van der Waals surface area contributed by atoms with Gasteiger partial charge in [0.1, 0.15) is 0 Å². The molecule has 0 radical (unpaired) electrons. The molecule has 1 N–H and O–H groups in total. The quantitative estimate of drug-likeness (QED) is 0.903. The van der Waals surface area contributed by atoms with E-state index in [-0.39, 0.29) is 18.1 Å². The third kappa shape index (κ3) is 3.23. The van der Waals surface area contributed by atoms with Crippen molar-refractivity contribution in [2.75, 3.05) is 0 Å². The second-order valence-corrected chi connectivity index (χ2v) is 7.32. The van der Waals surface area contributed by atoms with Gasteiger partial charge in [0, 0.05) is 6.54 Å². The number of hydrogen-bond donors (Lipinski definition) is 1. The van der Waals surface area contributed by atoms with E-state index in [2.05, 4.69) is 50.7 Å². The zero-order valence-electron chi connectivity index (χ0n) is 13.1. The number of nitrogens with zero attached hydrogens (tertiary/aromatic N) is 1. The van der Waals surface area contributed by atoms with Gasteiger partial charge in [0.05, 0.1) is 12.2 Å². The van der Waals surface area contributed by atoms with Gasteiger partial charge in [-0.05, 0) is 47.1 Å². The van der Waals surface area contributed by atoms with E-state index in [1.165, 1.54) is 11.1 Å². The molecule has 0 spiro atoms. The lowest BCUT2D eigenvalue weighted by Crippen LogP contribution is -2.38. The third-order valence-corrected chi connectivity index (χ3v) is 4.87. The van der Waals surface area contributed by atoms with Crippen LogP contribution in [0.15, 0.2) is 10.8 Å². The van der Waals surface area contributed by atoms with Gasteiger partial charge in [-0.15, -0.1) is 0 Å². The Hall–Kier alpha value is -0.870. The highest BCUT2D eigenvalue weighted by molar-refractivity contribution is 7.08. The van der Waals surface area contributed by atoms with E-state index in [0.29, 0.717) is 11.8 Å². The Kier molecular flexibility index (Phi) is 4.86. The van der Waals surface area contributed by atoms with Crippen LogP contribution in [0.2, 0.25) is 0 Å². The molecule has 1 aliphatic heterocycles. The van der Waals surface area contributed by atoms with E-state index in [1.54, 1.807) is 11.3 Å². The van der Waals surface area contributed by atoms with Crippen molar-refractivity contribution in [3.05, 3.63) is 21.9 Å². The highest BCUT2D eigenvalue weighted by Crippen LogP contribution is 2.25. The molecule has 1 amide bonds. The van der Waals surface area contributed by atoms with Crippen LogP contribution in [0.5, 0.6) is 0 Å². The Morgan fingerprint density at radius 2 is 2.00 bits per heavy atom. The minimum absolute atomic E-state index is 0.0299. The van der Waals surface area contributed by atoms with Gasteiger partial charge in [-0.3, -0.25) is 10.1 Å². The Morgan fingerprint density at radius 3 is 2.50 bits per heavy atom. The van der Waals surface area contributed by atoms with Gasteiger partial charge in [-0.2, -0.15) is 11.3 Å². The van der Waals surface area contributed by atoms with Crippen LogP contribution in [-0.2, 0) is 11.3 Å². The summed E-state index contributed by atoms with van der Waals surface area (Å²) in [4.78, 5) is 14.7. The molecule has 2 heterocycles. The molecule has 4 heteroatoms. The van der Waals surface area contributed by atoms with Crippen molar-refractivity contribution in [2.45, 2.75) is 59.8 Å². The summed E-state index contributed by atoms with van der Waals surface area (Å²) in [6, 6.07) is -0.0299. The largest absolute Gasteiger partial charge is 0.321 e. The molecule has 2 atom stereocenters. The van der Waals surface area contributed by atoms with Crippen molar-refractivity contribution in [3.63, 3.8) is 0 Å². The molecule has 112 valence electrons. The predicted octanol–water partition coefficient (Wildman–Crippen LogP) is 3.39. The van der Waals surface area contributed by atoms with E-state index in [0.717, 1.165) is 13.0 Å². The van der Waals surface area contributed by atoms with Crippen molar-refractivity contribution in [3.8, 4) is 0 Å². The molecule has 0 saturated carbocycles. The average Bonchev–Trinajstić information content (AvgIpc) is 2.87. The SMILES string of the molecule is Cc1cscc1CN1C(=O)C(C(C)C)NC1CC(C)C. The number of nitrogens with one attached hydrogen (secondary N) is 1. The van der Waals surface area contributed by atoms with Gasteiger partial charge in [-0.1, -0.05) is 27.7 Å². The van der Waals surface area contributed by atoms with Crippen LogP contribution in [0, 0.1) is 18.8 Å². The molecule has 1 aliphatic rings. The van der Waals surface area contributed by atoms with Crippen LogP contribution >= 0.6 is 11.3 Å². The maximum absolute atomic E-state index is 12.6. The second-order valence-electron chi connectivity index (χ2n) is 6.58. The van der Waals surface area contributed by atoms with Crippen LogP contribution in [0.4, 0.5) is 0 Å². The fourth-order valence-electron chi connectivity index (χ4n) is 2.74. The maximum Gasteiger partial charge on any atom is 0.241 e. The molecule has 20 heavy (non-hydrogen) atoms. The predicted molar refractivity (Wildman–Crippen MR) is 84.6 cm³/mol. The van der Waals surface area contributed by atoms with Crippen molar-refractivity contribution >= 4 is 17.2 Å². The van der Waals surface area contributed by atoms with Gasteiger partial charge < -0.3 is 4.90 Å². The summed E-state index contributed by atoms with van der Waals surface area (Å²) >= 11 is 1.71. The Balaban J connectivity index is 2.17. The summed E-state index contributed by atoms with van der Waals surface area (Å²) in [6.07, 6.45) is 1.19. The van der Waals surface area contributed by atoms with Crippen LogP contribution in [0.3, 0.4) is 0 Å². The number of amides is 1. The summed E-state index contributed by atoms with van der Waals surface area (Å²) in [5.74, 6) is 1.18. The zero-order chi connectivity index (χ0) is 14.9. The lowest BCUT2D eigenvalue weighted by atomic mass is 10.0. The minimum atomic E-state index is -0.0299. The number of hydrogen-bond acceptors (Lipinski definition) is 3. The molecular weight excluding hydrogens is 268 g/mol. The minimum Gasteiger partial charge on any atom is -0.321 e. The summed E-state index contributed by atoms with van der Waals surface area (Å²) in [7, 11) is 0. The van der Waals surface area contributed by atoms with Crippen molar-refractivity contribution in [2.24, 2.45) is 11.8 Å². The Morgan fingerprint density at radius 1 is 1.30 bits per heavy atom. The van der Waals surface area contributed by atoms with Crippen LogP contribution in [0.1, 0.15) is 45.2 Å². The molecule has 1 saturated heterocycles. The van der Waals surface area contributed by atoms with Gasteiger partial charge >= 0.3 is 0 Å². The standard InChI is InChI=1S/C16H26N2OS/c1-10(2)6-14-17-15(11(3)4)16(19)18(14)7-13-9-20-8-12(13)5/h8-11,14-15,17H,6-7H2,1-5H3. The van der Waals surface area contributed by atoms with E-state index < -0.39 is 0 Å². The summed E-state index contributed by atoms with van der Waals surface area (Å²) in [5, 5.41) is 7.85. The highest BCUT2D eigenvalue weighted by atomic mass is 32.1. The van der Waals surface area contributed by atoms with Crippen molar-refractivity contribution < 1.29 is 4.79 Å². The zero-order valence-corrected chi connectivity index (χ0v) is 14.0. The first kappa shape index (κ1) is 15.5. The molecule has 2 rings (SSSR count). The number of rotatable bonds is 5. The first-order chi connectivity index (χ1) is 9.40. The van der Waals surface area contributed by atoms with E-state index in [1.807, 2.05) is 4.90 Å². The molecule has 0 aliphatic carbocycles. The molecular formula is C16H26N2OS. The first-order valence-corrected chi connectivity index (χ1v) is 8.42. The van der Waals surface area contributed by atoms with Crippen molar-refractivity contribution in [1.82, 2.24) is 10.2 Å².